The molecule has 30 heavy (non-hydrogen) atoms. The van der Waals surface area contributed by atoms with Crippen LogP contribution in [0.3, 0.4) is 0 Å². The van der Waals surface area contributed by atoms with E-state index in [0.29, 0.717) is 11.1 Å². The van der Waals surface area contributed by atoms with Crippen molar-refractivity contribution in [2.24, 2.45) is 5.41 Å². The molecule has 1 aromatic heterocycles. The topological polar surface area (TPSA) is 128 Å². The summed E-state index contributed by atoms with van der Waals surface area (Å²) in [7, 11) is 0. The van der Waals surface area contributed by atoms with Crippen LogP contribution in [-0.4, -0.2) is 62.7 Å². The Labute approximate surface area is 172 Å². The van der Waals surface area contributed by atoms with Gasteiger partial charge in [-0.2, -0.15) is 0 Å². The fourth-order valence-electron chi connectivity index (χ4n) is 3.58. The number of carboxylic acids is 1. The predicted molar refractivity (Wildman–Crippen MR) is 104 cm³/mol. The molecule has 1 aromatic carbocycles. The monoisotopic (exact) mass is 418 g/mol. The van der Waals surface area contributed by atoms with Crippen LogP contribution in [0.2, 0.25) is 0 Å². The maximum atomic E-state index is 13.5. The molecule has 1 aliphatic rings. The van der Waals surface area contributed by atoms with Gasteiger partial charge in [-0.15, -0.1) is 0 Å². The first-order valence-electron chi connectivity index (χ1n) is 9.20. The molecule has 3 rings (SSSR count). The Hall–Kier alpha value is -3.33. The number of nitrogens with zero attached hydrogens (tertiary/aromatic N) is 2. The van der Waals surface area contributed by atoms with Crippen LogP contribution in [0.5, 0.6) is 0 Å². The summed E-state index contributed by atoms with van der Waals surface area (Å²) >= 11 is 0. The quantitative estimate of drug-likeness (QED) is 0.645. The van der Waals surface area contributed by atoms with E-state index >= 15 is 0 Å². The van der Waals surface area contributed by atoms with Gasteiger partial charge in [-0.05, 0) is 49.1 Å². The first-order chi connectivity index (χ1) is 14.2. The van der Waals surface area contributed by atoms with Gasteiger partial charge in [0.25, 0.3) is 12.4 Å². The first kappa shape index (κ1) is 23.0. The van der Waals surface area contributed by atoms with E-state index in [1.165, 1.54) is 29.3 Å². The van der Waals surface area contributed by atoms with Gasteiger partial charge in [-0.3, -0.25) is 19.4 Å². The Morgan fingerprint density at radius 3 is 2.63 bits per heavy atom. The number of hydrogen-bond donors (Lipinski definition) is 3. The van der Waals surface area contributed by atoms with Crippen LogP contribution in [0.25, 0.3) is 0 Å². The van der Waals surface area contributed by atoms with Gasteiger partial charge in [0.2, 0.25) is 0 Å². The lowest BCUT2D eigenvalue weighted by Crippen LogP contribution is -2.58. The highest BCUT2D eigenvalue weighted by Gasteiger charge is 2.50. The highest BCUT2D eigenvalue weighted by atomic mass is 19.1. The third-order valence-electron chi connectivity index (χ3n) is 5.12. The molecule has 0 saturated carbocycles. The maximum Gasteiger partial charge on any atom is 0.314 e. The van der Waals surface area contributed by atoms with Gasteiger partial charge in [-0.25, -0.2) is 4.39 Å². The summed E-state index contributed by atoms with van der Waals surface area (Å²) < 4.78 is 13.5. The van der Waals surface area contributed by atoms with Gasteiger partial charge in [0.05, 0.1) is 6.10 Å². The highest BCUT2D eigenvalue weighted by Crippen LogP contribution is 2.35. The number of benzene rings is 1. The van der Waals surface area contributed by atoms with Crippen LogP contribution in [-0.2, 0) is 16.0 Å². The number of carboxylic acid groups (broad SMARTS) is 2. The highest BCUT2D eigenvalue weighted by molar-refractivity contribution is 5.94. The Morgan fingerprint density at radius 1 is 1.33 bits per heavy atom. The molecule has 0 bridgehead atoms. The fraction of sp³-hybridized carbons (Fsp3) is 0.333. The van der Waals surface area contributed by atoms with Crippen molar-refractivity contribution in [3.63, 3.8) is 0 Å². The summed E-state index contributed by atoms with van der Waals surface area (Å²) in [5, 5.41) is 27.3. The number of aliphatic hydroxyl groups is 1. The van der Waals surface area contributed by atoms with Gasteiger partial charge in [0.15, 0.2) is 0 Å². The summed E-state index contributed by atoms with van der Waals surface area (Å²) in [6, 6.07) is 9.11. The zero-order valence-electron chi connectivity index (χ0n) is 16.4. The van der Waals surface area contributed by atoms with E-state index in [1.54, 1.807) is 25.1 Å². The summed E-state index contributed by atoms with van der Waals surface area (Å²) in [5.74, 6) is -2.06. The number of hydrogen-bond acceptors (Lipinski definition) is 5. The van der Waals surface area contributed by atoms with Crippen molar-refractivity contribution in [3.8, 4) is 0 Å². The van der Waals surface area contributed by atoms with Crippen LogP contribution < -0.4 is 0 Å². The number of aryl methyl sites for hydroxylation is 1. The van der Waals surface area contributed by atoms with Crippen molar-refractivity contribution in [1.82, 2.24) is 9.88 Å². The van der Waals surface area contributed by atoms with E-state index < -0.39 is 23.3 Å². The third-order valence-corrected chi connectivity index (χ3v) is 5.12. The Kier molecular flexibility index (Phi) is 7.60. The average molecular weight is 418 g/mol. The largest absolute Gasteiger partial charge is 0.483 e. The average Bonchev–Trinajstić information content (AvgIpc) is 2.70. The van der Waals surface area contributed by atoms with Gasteiger partial charge in [-0.1, -0.05) is 18.2 Å². The zero-order valence-corrected chi connectivity index (χ0v) is 16.4. The maximum absolute atomic E-state index is 13.5. The molecule has 0 unspecified atom stereocenters. The second kappa shape index (κ2) is 9.93. The van der Waals surface area contributed by atoms with Crippen molar-refractivity contribution in [3.05, 3.63) is 65.2 Å². The molecule has 1 fully saturated rings. The molecular formula is C21H23FN2O6. The Bertz CT molecular complexity index is 922. The number of aromatic nitrogens is 1. The number of pyridine rings is 1. The number of amides is 1. The predicted octanol–water partition coefficient (Wildman–Crippen LogP) is 1.75. The van der Waals surface area contributed by atoms with E-state index in [9.17, 15) is 24.2 Å². The number of aliphatic carboxylic acids is 1. The molecule has 0 spiro atoms. The van der Waals surface area contributed by atoms with E-state index in [1.807, 2.05) is 0 Å². The van der Waals surface area contributed by atoms with Crippen LogP contribution in [0.15, 0.2) is 42.6 Å². The number of aliphatic hydroxyl groups excluding tert-OH is 1. The minimum atomic E-state index is -1.61. The van der Waals surface area contributed by atoms with Crippen LogP contribution in [0, 0.1) is 18.2 Å². The number of carbonyl (C=O) groups excluding carboxylic acids is 1. The molecule has 0 radical (unpaired) electrons. The Morgan fingerprint density at radius 2 is 2.03 bits per heavy atom. The minimum Gasteiger partial charge on any atom is -0.483 e. The Balaban J connectivity index is 0.00000101. The molecule has 2 atom stereocenters. The molecule has 8 nitrogen and oxygen atoms in total. The molecule has 9 heteroatoms. The van der Waals surface area contributed by atoms with Gasteiger partial charge in [0, 0.05) is 19.3 Å². The minimum absolute atomic E-state index is 0.0771. The van der Waals surface area contributed by atoms with Crippen molar-refractivity contribution in [2.75, 3.05) is 13.1 Å². The molecule has 2 aromatic rings. The number of halogens is 1. The molecule has 0 aliphatic carbocycles. The van der Waals surface area contributed by atoms with Crippen LogP contribution in [0.1, 0.15) is 28.0 Å². The van der Waals surface area contributed by atoms with E-state index in [4.69, 9.17) is 9.90 Å². The third kappa shape index (κ3) is 4.98. The molecule has 3 N–H and O–H groups in total. The number of likely N-dealkylation sites (tertiary alicyclic amines) is 1. The normalized spacial score (nSPS) is 20.6. The SMILES string of the molecule is Cc1cccnc1C(=O)N1CC[C@@H](O)[C@](Cc2cccc(F)c2)(C(=O)O)C1.O=CO. The van der Waals surface area contributed by atoms with Crippen LogP contribution >= 0.6 is 0 Å². The number of piperidine rings is 1. The van der Waals surface area contributed by atoms with Gasteiger partial charge >= 0.3 is 5.97 Å². The van der Waals surface area contributed by atoms with Crippen molar-refractivity contribution in [1.29, 1.82) is 0 Å². The summed E-state index contributed by atoms with van der Waals surface area (Å²) in [6.07, 6.45) is 0.411. The summed E-state index contributed by atoms with van der Waals surface area (Å²) in [6.45, 7) is 1.57. The molecule has 2 heterocycles. The number of carbonyl (C=O) groups is 3. The lowest BCUT2D eigenvalue weighted by atomic mass is 9.72. The second-order valence-corrected chi connectivity index (χ2v) is 7.07. The summed E-state index contributed by atoms with van der Waals surface area (Å²) in [5.41, 5.74) is -0.192. The second-order valence-electron chi connectivity index (χ2n) is 7.07. The summed E-state index contributed by atoms with van der Waals surface area (Å²) in [4.78, 5) is 38.9. The van der Waals surface area contributed by atoms with E-state index in [2.05, 4.69) is 4.98 Å². The smallest absolute Gasteiger partial charge is 0.314 e. The van der Waals surface area contributed by atoms with Gasteiger partial charge in [0.1, 0.15) is 16.9 Å². The van der Waals surface area contributed by atoms with Crippen molar-refractivity contribution >= 4 is 18.3 Å². The molecule has 1 saturated heterocycles. The molecule has 160 valence electrons. The van der Waals surface area contributed by atoms with E-state index in [-0.39, 0.29) is 44.0 Å². The fourth-order valence-corrected chi connectivity index (χ4v) is 3.58. The first-order valence-corrected chi connectivity index (χ1v) is 9.20. The molecule has 1 aliphatic heterocycles. The molecular weight excluding hydrogens is 395 g/mol. The van der Waals surface area contributed by atoms with Gasteiger partial charge < -0.3 is 20.2 Å². The zero-order chi connectivity index (χ0) is 22.3. The van der Waals surface area contributed by atoms with Crippen molar-refractivity contribution in [2.45, 2.75) is 25.9 Å². The number of rotatable bonds is 4. The standard InChI is InChI=1S/C20H21FN2O4.CH2O2/c1-13-4-3-8-22-17(13)18(25)23-9-7-16(24)20(12-23,19(26)27)11-14-5-2-6-15(21)10-14;2-1-3/h2-6,8,10,16,24H,7,9,11-12H2,1H3,(H,26,27);1H,(H,2,3)/t16-,20-;/m1./s1. The lowest BCUT2D eigenvalue weighted by Gasteiger charge is -2.43. The molecule has 1 amide bonds. The van der Waals surface area contributed by atoms with Crippen molar-refractivity contribution < 1.29 is 34.1 Å². The lowest BCUT2D eigenvalue weighted by molar-refractivity contribution is -0.161. The van der Waals surface area contributed by atoms with Crippen LogP contribution in [0.4, 0.5) is 4.39 Å². The van der Waals surface area contributed by atoms with E-state index in [0.717, 1.165) is 0 Å².